The molecule has 1 aromatic heterocycles. The van der Waals surface area contributed by atoms with Crippen molar-refractivity contribution in [1.29, 1.82) is 0 Å². The smallest absolute Gasteiger partial charge is 0.0767 e. The maximum atomic E-state index is 4.56. The molecule has 0 spiro atoms. The molecule has 0 aliphatic heterocycles. The van der Waals surface area contributed by atoms with E-state index in [1.54, 1.807) is 0 Å². The molecule has 1 aromatic rings. The highest BCUT2D eigenvalue weighted by Gasteiger charge is 2.20. The second-order valence-electron chi connectivity index (χ2n) is 6.11. The molecule has 0 radical (unpaired) electrons. The monoisotopic (exact) mass is 341 g/mol. The number of halogens is 1. The minimum Gasteiger partial charge on any atom is -0.308 e. The zero-order valence-electron chi connectivity index (χ0n) is 13.1. The summed E-state index contributed by atoms with van der Waals surface area (Å²) in [5, 5.41) is 8.29. The molecular formula is C16H28BrN3. The molecule has 0 amide bonds. The van der Waals surface area contributed by atoms with Crippen LogP contribution in [0.4, 0.5) is 0 Å². The Bertz CT molecular complexity index is 420. The minimum absolute atomic E-state index is 0.597. The van der Waals surface area contributed by atoms with Gasteiger partial charge in [-0.25, -0.2) is 0 Å². The molecule has 1 atom stereocenters. The summed E-state index contributed by atoms with van der Waals surface area (Å²) < 4.78 is 3.19. The van der Waals surface area contributed by atoms with Gasteiger partial charge in [-0.1, -0.05) is 32.6 Å². The highest BCUT2D eigenvalue weighted by Crippen LogP contribution is 2.26. The molecule has 1 heterocycles. The maximum Gasteiger partial charge on any atom is 0.0767 e. The number of nitrogens with one attached hydrogen (secondary N) is 1. The van der Waals surface area contributed by atoms with Crippen molar-refractivity contribution < 1.29 is 0 Å². The molecule has 0 bridgehead atoms. The highest BCUT2D eigenvalue weighted by atomic mass is 79.9. The molecule has 3 nitrogen and oxygen atoms in total. The number of aromatic nitrogens is 2. The van der Waals surface area contributed by atoms with Crippen LogP contribution in [0, 0.1) is 5.92 Å². The number of aryl methyl sites for hydroxylation is 2. The zero-order chi connectivity index (χ0) is 14.5. The summed E-state index contributed by atoms with van der Waals surface area (Å²) in [5.74, 6) is 0.843. The molecule has 114 valence electrons. The average molecular weight is 342 g/mol. The topological polar surface area (TPSA) is 29.9 Å². The van der Waals surface area contributed by atoms with Crippen molar-refractivity contribution in [3.63, 3.8) is 0 Å². The van der Waals surface area contributed by atoms with E-state index in [4.69, 9.17) is 0 Å². The number of hydrogen-bond donors (Lipinski definition) is 1. The van der Waals surface area contributed by atoms with E-state index in [0.717, 1.165) is 24.6 Å². The lowest BCUT2D eigenvalue weighted by molar-refractivity contribution is 0.334. The van der Waals surface area contributed by atoms with Crippen molar-refractivity contribution in [1.82, 2.24) is 15.1 Å². The van der Waals surface area contributed by atoms with Crippen LogP contribution in [0.3, 0.4) is 0 Å². The Kier molecular flexibility index (Phi) is 6.09. The van der Waals surface area contributed by atoms with E-state index in [2.05, 4.69) is 40.2 Å². The molecule has 1 fully saturated rings. The van der Waals surface area contributed by atoms with E-state index in [9.17, 15) is 0 Å². The standard InChI is InChI=1S/C16H28BrN3/c1-4-14-16(17)15(20(3)19-14)11-18-12(2)13-9-7-5-6-8-10-13/h12-13,18H,4-11H2,1-3H3/t12-/m1/s1. The molecule has 1 aliphatic rings. The lowest BCUT2D eigenvalue weighted by atomic mass is 9.93. The second kappa shape index (κ2) is 7.60. The molecule has 1 N–H and O–H groups in total. The van der Waals surface area contributed by atoms with Crippen LogP contribution >= 0.6 is 15.9 Å². The Hall–Kier alpha value is -0.350. The molecule has 0 aromatic carbocycles. The Labute approximate surface area is 131 Å². The van der Waals surface area contributed by atoms with Crippen LogP contribution in [-0.2, 0) is 20.0 Å². The van der Waals surface area contributed by atoms with E-state index in [0.29, 0.717) is 6.04 Å². The molecular weight excluding hydrogens is 314 g/mol. The van der Waals surface area contributed by atoms with Crippen molar-refractivity contribution in [2.75, 3.05) is 0 Å². The summed E-state index contributed by atoms with van der Waals surface area (Å²) in [5.41, 5.74) is 2.42. The number of nitrogens with zero attached hydrogens (tertiary/aromatic N) is 2. The van der Waals surface area contributed by atoms with Gasteiger partial charge in [0.05, 0.1) is 15.9 Å². The van der Waals surface area contributed by atoms with Crippen LogP contribution < -0.4 is 5.32 Å². The molecule has 20 heavy (non-hydrogen) atoms. The van der Waals surface area contributed by atoms with Gasteiger partial charge in [-0.05, 0) is 48.0 Å². The predicted molar refractivity (Wildman–Crippen MR) is 87.8 cm³/mol. The first-order valence-electron chi connectivity index (χ1n) is 8.07. The summed E-state index contributed by atoms with van der Waals surface area (Å²) in [6.07, 6.45) is 9.43. The summed E-state index contributed by atoms with van der Waals surface area (Å²) in [7, 11) is 2.04. The first-order chi connectivity index (χ1) is 9.63. The quantitative estimate of drug-likeness (QED) is 0.813. The van der Waals surface area contributed by atoms with Gasteiger partial charge in [0, 0.05) is 19.6 Å². The SMILES string of the molecule is CCc1nn(C)c(CN[C@H](C)C2CCCCCC2)c1Br. The van der Waals surface area contributed by atoms with E-state index in [1.165, 1.54) is 48.7 Å². The van der Waals surface area contributed by atoms with Crippen LogP contribution in [0.25, 0.3) is 0 Å². The molecule has 1 aliphatic carbocycles. The number of hydrogen-bond acceptors (Lipinski definition) is 2. The fraction of sp³-hybridized carbons (Fsp3) is 0.812. The van der Waals surface area contributed by atoms with E-state index in [1.807, 2.05) is 11.7 Å². The van der Waals surface area contributed by atoms with E-state index >= 15 is 0 Å². The predicted octanol–water partition coefficient (Wildman–Crippen LogP) is 4.19. The first kappa shape index (κ1) is 16.0. The van der Waals surface area contributed by atoms with Gasteiger partial charge < -0.3 is 5.32 Å². The molecule has 0 unspecified atom stereocenters. The van der Waals surface area contributed by atoms with Gasteiger partial charge >= 0.3 is 0 Å². The van der Waals surface area contributed by atoms with Gasteiger partial charge in [0.1, 0.15) is 0 Å². The van der Waals surface area contributed by atoms with Crippen molar-refractivity contribution >= 4 is 15.9 Å². The van der Waals surface area contributed by atoms with Crippen molar-refractivity contribution in [3.05, 3.63) is 15.9 Å². The molecule has 4 heteroatoms. The summed E-state index contributed by atoms with van der Waals surface area (Å²) in [6, 6.07) is 0.597. The number of rotatable bonds is 5. The Balaban J connectivity index is 1.92. The maximum absolute atomic E-state index is 4.56. The fourth-order valence-electron chi connectivity index (χ4n) is 3.25. The largest absolute Gasteiger partial charge is 0.308 e. The van der Waals surface area contributed by atoms with Gasteiger partial charge in [-0.15, -0.1) is 0 Å². The van der Waals surface area contributed by atoms with Crippen LogP contribution in [-0.4, -0.2) is 15.8 Å². The van der Waals surface area contributed by atoms with E-state index < -0.39 is 0 Å². The summed E-state index contributed by atoms with van der Waals surface area (Å²) >= 11 is 3.70. The fourth-order valence-corrected chi connectivity index (χ4v) is 4.00. The second-order valence-corrected chi connectivity index (χ2v) is 6.90. The van der Waals surface area contributed by atoms with Crippen LogP contribution in [0.1, 0.15) is 63.8 Å². The Morgan fingerprint density at radius 1 is 1.30 bits per heavy atom. The minimum atomic E-state index is 0.597. The third kappa shape index (κ3) is 3.85. The Morgan fingerprint density at radius 2 is 1.95 bits per heavy atom. The molecule has 2 rings (SSSR count). The summed E-state index contributed by atoms with van der Waals surface area (Å²) in [4.78, 5) is 0. The zero-order valence-corrected chi connectivity index (χ0v) is 14.7. The van der Waals surface area contributed by atoms with Crippen LogP contribution in [0.15, 0.2) is 4.47 Å². The van der Waals surface area contributed by atoms with Gasteiger partial charge in [0.2, 0.25) is 0 Å². The van der Waals surface area contributed by atoms with Crippen molar-refractivity contribution in [2.24, 2.45) is 13.0 Å². The molecule has 1 saturated carbocycles. The van der Waals surface area contributed by atoms with Crippen molar-refractivity contribution in [3.8, 4) is 0 Å². The summed E-state index contributed by atoms with van der Waals surface area (Å²) in [6.45, 7) is 5.40. The van der Waals surface area contributed by atoms with E-state index in [-0.39, 0.29) is 0 Å². The van der Waals surface area contributed by atoms with Crippen molar-refractivity contribution in [2.45, 2.75) is 71.4 Å². The average Bonchev–Trinajstić information content (AvgIpc) is 2.66. The third-order valence-corrected chi connectivity index (χ3v) is 5.62. The first-order valence-corrected chi connectivity index (χ1v) is 8.86. The lowest BCUT2D eigenvalue weighted by Crippen LogP contribution is -2.33. The van der Waals surface area contributed by atoms with Gasteiger partial charge in [0.25, 0.3) is 0 Å². The van der Waals surface area contributed by atoms with Gasteiger partial charge in [-0.2, -0.15) is 5.10 Å². The van der Waals surface area contributed by atoms with Crippen LogP contribution in [0.5, 0.6) is 0 Å². The third-order valence-electron chi connectivity index (χ3n) is 4.70. The highest BCUT2D eigenvalue weighted by molar-refractivity contribution is 9.10. The van der Waals surface area contributed by atoms with Crippen LogP contribution in [0.2, 0.25) is 0 Å². The molecule has 0 saturated heterocycles. The normalized spacial score (nSPS) is 19.0. The van der Waals surface area contributed by atoms with Gasteiger partial charge in [-0.3, -0.25) is 4.68 Å². The Morgan fingerprint density at radius 3 is 2.50 bits per heavy atom. The van der Waals surface area contributed by atoms with Gasteiger partial charge in [0.15, 0.2) is 0 Å². The lowest BCUT2D eigenvalue weighted by Gasteiger charge is -2.23.